The molecule has 7 heteroatoms. The lowest BCUT2D eigenvalue weighted by atomic mass is 10.2. The van der Waals surface area contributed by atoms with E-state index in [4.69, 9.17) is 0 Å². The van der Waals surface area contributed by atoms with E-state index in [1.807, 2.05) is 24.3 Å². The summed E-state index contributed by atoms with van der Waals surface area (Å²) in [5, 5.41) is 0. The van der Waals surface area contributed by atoms with Crippen LogP contribution in [0, 0.1) is 0 Å². The van der Waals surface area contributed by atoms with E-state index in [1.54, 1.807) is 0 Å². The Bertz CT molecular complexity index is 690. The summed E-state index contributed by atoms with van der Waals surface area (Å²) in [5.41, 5.74) is 0.876. The van der Waals surface area contributed by atoms with Crippen LogP contribution >= 0.6 is 31.9 Å². The molecule has 0 saturated carbocycles. The van der Waals surface area contributed by atoms with Crippen molar-refractivity contribution in [2.75, 3.05) is 0 Å². The lowest BCUT2D eigenvalue weighted by Crippen LogP contribution is -2.23. The van der Waals surface area contributed by atoms with Gasteiger partial charge in [-0.2, -0.15) is 0 Å². The highest BCUT2D eigenvalue weighted by Crippen LogP contribution is 2.15. The van der Waals surface area contributed by atoms with Gasteiger partial charge in [-0.3, -0.25) is 4.98 Å². The van der Waals surface area contributed by atoms with Gasteiger partial charge < -0.3 is 0 Å². The molecule has 0 aliphatic carbocycles. The third kappa shape index (κ3) is 4.10. The molecule has 2 rings (SSSR count). The summed E-state index contributed by atoms with van der Waals surface area (Å²) in [6, 6.07) is 8.97. The molecular weight excluding hydrogens is 396 g/mol. The molecule has 0 bridgehead atoms. The van der Waals surface area contributed by atoms with Crippen LogP contribution in [0.5, 0.6) is 0 Å². The minimum atomic E-state index is -3.55. The van der Waals surface area contributed by atoms with Crippen LogP contribution in [0.15, 0.2) is 56.6 Å². The Morgan fingerprint density at radius 2 is 1.89 bits per heavy atom. The van der Waals surface area contributed by atoms with Gasteiger partial charge in [0.05, 0.1) is 0 Å². The molecule has 0 aliphatic rings. The highest BCUT2D eigenvalue weighted by Gasteiger charge is 2.14. The highest BCUT2D eigenvalue weighted by molar-refractivity contribution is 9.10. The fraction of sp³-hybridized carbons (Fsp3) is 0.0833. The molecular formula is C12H10Br2N2O2S. The van der Waals surface area contributed by atoms with Gasteiger partial charge in [0.25, 0.3) is 0 Å². The standard InChI is InChI=1S/C12H10Br2N2O2S/c13-10-3-1-2-9(4-10)6-16-19(17,18)12-5-11(14)7-15-8-12/h1-5,7-8,16H,6H2. The number of hydrogen-bond acceptors (Lipinski definition) is 3. The number of halogens is 2. The zero-order valence-corrected chi connectivity index (χ0v) is 13.7. The van der Waals surface area contributed by atoms with Gasteiger partial charge in [-0.1, -0.05) is 28.1 Å². The lowest BCUT2D eigenvalue weighted by Gasteiger charge is -2.07. The second kappa shape index (κ2) is 6.13. The van der Waals surface area contributed by atoms with Gasteiger partial charge in [0, 0.05) is 27.9 Å². The first-order valence-corrected chi connectivity index (χ1v) is 8.39. The number of sulfonamides is 1. The van der Waals surface area contributed by atoms with Gasteiger partial charge in [0.15, 0.2) is 0 Å². The number of nitrogens with zero attached hydrogens (tertiary/aromatic N) is 1. The molecule has 1 aromatic carbocycles. The van der Waals surface area contributed by atoms with Crippen molar-refractivity contribution in [2.24, 2.45) is 0 Å². The molecule has 1 heterocycles. The Morgan fingerprint density at radius 1 is 1.11 bits per heavy atom. The number of nitrogens with one attached hydrogen (secondary N) is 1. The molecule has 1 N–H and O–H groups in total. The van der Waals surface area contributed by atoms with Crippen LogP contribution in [-0.4, -0.2) is 13.4 Å². The van der Waals surface area contributed by atoms with Gasteiger partial charge in [0.1, 0.15) is 4.90 Å². The predicted octanol–water partition coefficient (Wildman–Crippen LogP) is 3.09. The van der Waals surface area contributed by atoms with E-state index in [2.05, 4.69) is 41.6 Å². The molecule has 0 saturated heterocycles. The number of hydrogen-bond donors (Lipinski definition) is 1. The highest BCUT2D eigenvalue weighted by atomic mass is 79.9. The maximum atomic E-state index is 12.1. The van der Waals surface area contributed by atoms with Crippen molar-refractivity contribution < 1.29 is 8.42 Å². The van der Waals surface area contributed by atoms with E-state index in [0.717, 1.165) is 10.0 Å². The van der Waals surface area contributed by atoms with Gasteiger partial charge in [-0.15, -0.1) is 0 Å². The second-order valence-corrected chi connectivity index (χ2v) is 7.39. The number of benzene rings is 1. The first kappa shape index (κ1) is 14.6. The Hall–Kier alpha value is -0.760. The van der Waals surface area contributed by atoms with Crippen molar-refractivity contribution in [3.05, 3.63) is 57.2 Å². The first-order valence-electron chi connectivity index (χ1n) is 5.32. The lowest BCUT2D eigenvalue weighted by molar-refractivity contribution is 0.581. The summed E-state index contributed by atoms with van der Waals surface area (Å²) < 4.78 is 28.2. The Kier molecular flexibility index (Phi) is 4.72. The van der Waals surface area contributed by atoms with E-state index < -0.39 is 10.0 Å². The average molecular weight is 406 g/mol. The Labute approximate surface area is 128 Å². The molecule has 2 aromatic rings. The average Bonchev–Trinajstić information content (AvgIpc) is 2.37. The number of rotatable bonds is 4. The second-order valence-electron chi connectivity index (χ2n) is 3.79. The van der Waals surface area contributed by atoms with Crippen molar-refractivity contribution in [1.82, 2.24) is 9.71 Å². The monoisotopic (exact) mass is 404 g/mol. The number of aromatic nitrogens is 1. The molecule has 4 nitrogen and oxygen atoms in total. The molecule has 19 heavy (non-hydrogen) atoms. The molecule has 0 amide bonds. The van der Waals surface area contributed by atoms with E-state index in [0.29, 0.717) is 4.47 Å². The quantitative estimate of drug-likeness (QED) is 0.850. The van der Waals surface area contributed by atoms with Gasteiger partial charge >= 0.3 is 0 Å². The Balaban J connectivity index is 2.14. The smallest absolute Gasteiger partial charge is 0.242 e. The van der Waals surface area contributed by atoms with Crippen LogP contribution in [0.25, 0.3) is 0 Å². The van der Waals surface area contributed by atoms with Crippen molar-refractivity contribution in [2.45, 2.75) is 11.4 Å². The Morgan fingerprint density at radius 3 is 2.58 bits per heavy atom. The fourth-order valence-corrected chi connectivity index (χ4v) is 3.42. The minimum absolute atomic E-state index is 0.136. The van der Waals surface area contributed by atoms with Crippen LogP contribution in [0.3, 0.4) is 0 Å². The van der Waals surface area contributed by atoms with Gasteiger partial charge in [-0.25, -0.2) is 13.1 Å². The van der Waals surface area contributed by atoms with Crippen LogP contribution < -0.4 is 4.72 Å². The maximum absolute atomic E-state index is 12.1. The van der Waals surface area contributed by atoms with Crippen LogP contribution in [0.4, 0.5) is 0 Å². The van der Waals surface area contributed by atoms with E-state index in [9.17, 15) is 8.42 Å². The summed E-state index contributed by atoms with van der Waals surface area (Å²) in [4.78, 5) is 3.98. The van der Waals surface area contributed by atoms with Crippen LogP contribution in [0.1, 0.15) is 5.56 Å². The maximum Gasteiger partial charge on any atom is 0.242 e. The molecule has 0 aliphatic heterocycles. The van der Waals surface area contributed by atoms with E-state index >= 15 is 0 Å². The number of pyridine rings is 1. The topological polar surface area (TPSA) is 59.1 Å². The zero-order valence-electron chi connectivity index (χ0n) is 9.68. The zero-order chi connectivity index (χ0) is 13.9. The van der Waals surface area contributed by atoms with Crippen molar-refractivity contribution in [3.63, 3.8) is 0 Å². The summed E-state index contributed by atoms with van der Waals surface area (Å²) in [6.45, 7) is 0.230. The molecule has 0 fully saturated rings. The van der Waals surface area contributed by atoms with E-state index in [-0.39, 0.29) is 11.4 Å². The predicted molar refractivity (Wildman–Crippen MR) is 80.1 cm³/mol. The largest absolute Gasteiger partial charge is 0.262 e. The van der Waals surface area contributed by atoms with Gasteiger partial charge in [0.2, 0.25) is 10.0 Å². The summed E-state index contributed by atoms with van der Waals surface area (Å²) in [7, 11) is -3.55. The molecule has 0 atom stereocenters. The summed E-state index contributed by atoms with van der Waals surface area (Å²) in [5.74, 6) is 0. The van der Waals surface area contributed by atoms with Crippen molar-refractivity contribution >= 4 is 41.9 Å². The van der Waals surface area contributed by atoms with Crippen LogP contribution in [-0.2, 0) is 16.6 Å². The first-order chi connectivity index (χ1) is 8.97. The van der Waals surface area contributed by atoms with Crippen LogP contribution in [0.2, 0.25) is 0 Å². The SMILES string of the molecule is O=S(=O)(NCc1cccc(Br)c1)c1cncc(Br)c1. The van der Waals surface area contributed by atoms with Crippen molar-refractivity contribution in [3.8, 4) is 0 Å². The van der Waals surface area contributed by atoms with Crippen molar-refractivity contribution in [1.29, 1.82) is 0 Å². The minimum Gasteiger partial charge on any atom is -0.262 e. The molecule has 0 unspecified atom stereocenters. The summed E-state index contributed by atoms with van der Waals surface area (Å²) in [6.07, 6.45) is 2.85. The van der Waals surface area contributed by atoms with E-state index in [1.165, 1.54) is 18.5 Å². The molecule has 100 valence electrons. The fourth-order valence-electron chi connectivity index (χ4n) is 1.45. The third-order valence-corrected chi connectivity index (χ3v) is 4.64. The van der Waals surface area contributed by atoms with Gasteiger partial charge in [-0.05, 0) is 39.7 Å². The molecule has 0 radical (unpaired) electrons. The normalized spacial score (nSPS) is 11.5. The molecule has 1 aromatic heterocycles. The molecule has 0 spiro atoms. The third-order valence-electron chi connectivity index (χ3n) is 2.35. The summed E-state index contributed by atoms with van der Waals surface area (Å²) >= 11 is 6.54.